The number of amides is 1. The van der Waals surface area contributed by atoms with Crippen molar-refractivity contribution in [3.05, 3.63) is 59.9 Å². The Morgan fingerprint density at radius 1 is 1.00 bits per heavy atom. The zero-order chi connectivity index (χ0) is 17.7. The average molecular weight is 345 g/mol. The molecule has 0 aliphatic carbocycles. The molecule has 6 heteroatoms. The van der Waals surface area contributed by atoms with Gasteiger partial charge in [-0.05, 0) is 69.4 Å². The van der Waals surface area contributed by atoms with E-state index in [4.69, 9.17) is 12.2 Å². The highest BCUT2D eigenvalue weighted by Crippen LogP contribution is 2.17. The predicted molar refractivity (Wildman–Crippen MR) is 99.9 cm³/mol. The summed E-state index contributed by atoms with van der Waals surface area (Å²) in [5.74, 6) is -0.501. The molecule has 0 saturated carbocycles. The monoisotopic (exact) mass is 345 g/mol. The zero-order valence-electron chi connectivity index (χ0n) is 13.8. The van der Waals surface area contributed by atoms with Crippen molar-refractivity contribution in [1.29, 1.82) is 0 Å². The van der Waals surface area contributed by atoms with Gasteiger partial charge in [-0.15, -0.1) is 0 Å². The molecule has 0 saturated heterocycles. The molecular weight excluding hydrogens is 325 g/mol. The second-order valence-electron chi connectivity index (χ2n) is 6.34. The van der Waals surface area contributed by atoms with Crippen LogP contribution in [0.3, 0.4) is 0 Å². The Morgan fingerprint density at radius 3 is 2.25 bits per heavy atom. The van der Waals surface area contributed by atoms with E-state index in [2.05, 4.69) is 16.0 Å². The fraction of sp³-hybridized carbons (Fsp3) is 0.222. The van der Waals surface area contributed by atoms with Crippen LogP contribution >= 0.6 is 12.2 Å². The van der Waals surface area contributed by atoms with Gasteiger partial charge in [0, 0.05) is 11.2 Å². The second kappa shape index (κ2) is 7.40. The molecule has 0 spiro atoms. The minimum atomic E-state index is -0.336. The lowest BCUT2D eigenvalue weighted by atomic mass is 10.1. The predicted octanol–water partition coefficient (Wildman–Crippen LogP) is 4.16. The molecular formula is C18H20FN3OS. The minimum Gasteiger partial charge on any atom is -0.347 e. The van der Waals surface area contributed by atoms with Crippen LogP contribution in [0.2, 0.25) is 0 Å². The highest BCUT2D eigenvalue weighted by atomic mass is 32.1. The number of para-hydroxylation sites is 1. The van der Waals surface area contributed by atoms with Gasteiger partial charge in [0.25, 0.3) is 5.91 Å². The van der Waals surface area contributed by atoms with Crippen LogP contribution in [0, 0.1) is 5.82 Å². The molecule has 126 valence electrons. The Kier molecular flexibility index (Phi) is 5.51. The van der Waals surface area contributed by atoms with Crippen LogP contribution in [0.25, 0.3) is 0 Å². The molecule has 2 aromatic rings. The fourth-order valence-electron chi connectivity index (χ4n) is 2.02. The SMILES string of the molecule is CC(C)(C)NC(=O)c1ccccc1NC(=S)Nc1ccc(F)cc1. The Labute approximate surface area is 146 Å². The lowest BCUT2D eigenvalue weighted by Gasteiger charge is -2.22. The molecule has 0 aliphatic heterocycles. The third-order valence-corrected chi connectivity index (χ3v) is 3.21. The van der Waals surface area contributed by atoms with Crippen LogP contribution in [-0.2, 0) is 0 Å². The van der Waals surface area contributed by atoms with Crippen molar-refractivity contribution in [3.8, 4) is 0 Å². The summed E-state index contributed by atoms with van der Waals surface area (Å²) in [4.78, 5) is 12.4. The van der Waals surface area contributed by atoms with E-state index in [1.165, 1.54) is 12.1 Å². The Balaban J connectivity index is 2.10. The van der Waals surface area contributed by atoms with Crippen LogP contribution in [0.4, 0.5) is 15.8 Å². The van der Waals surface area contributed by atoms with Gasteiger partial charge < -0.3 is 16.0 Å². The van der Waals surface area contributed by atoms with E-state index >= 15 is 0 Å². The van der Waals surface area contributed by atoms with Gasteiger partial charge >= 0.3 is 0 Å². The summed E-state index contributed by atoms with van der Waals surface area (Å²) in [6.45, 7) is 5.75. The summed E-state index contributed by atoms with van der Waals surface area (Å²) >= 11 is 5.26. The normalized spacial score (nSPS) is 10.8. The van der Waals surface area contributed by atoms with Gasteiger partial charge in [0.15, 0.2) is 5.11 Å². The number of hydrogen-bond donors (Lipinski definition) is 3. The van der Waals surface area contributed by atoms with E-state index in [1.807, 2.05) is 26.8 Å². The van der Waals surface area contributed by atoms with E-state index in [9.17, 15) is 9.18 Å². The van der Waals surface area contributed by atoms with Crippen molar-refractivity contribution in [1.82, 2.24) is 5.32 Å². The van der Waals surface area contributed by atoms with Crippen LogP contribution in [0.1, 0.15) is 31.1 Å². The number of halogens is 1. The quantitative estimate of drug-likeness (QED) is 0.731. The molecule has 3 N–H and O–H groups in total. The Hall–Kier alpha value is -2.47. The summed E-state index contributed by atoms with van der Waals surface area (Å²) in [6.07, 6.45) is 0. The molecule has 0 heterocycles. The number of nitrogens with one attached hydrogen (secondary N) is 3. The van der Waals surface area contributed by atoms with E-state index < -0.39 is 0 Å². The van der Waals surface area contributed by atoms with Gasteiger partial charge in [-0.1, -0.05) is 12.1 Å². The molecule has 0 fully saturated rings. The molecule has 0 atom stereocenters. The zero-order valence-corrected chi connectivity index (χ0v) is 14.6. The summed E-state index contributed by atoms with van der Waals surface area (Å²) < 4.78 is 12.9. The van der Waals surface area contributed by atoms with E-state index in [1.54, 1.807) is 30.3 Å². The van der Waals surface area contributed by atoms with Gasteiger partial charge in [-0.2, -0.15) is 0 Å². The maximum absolute atomic E-state index is 12.9. The van der Waals surface area contributed by atoms with Gasteiger partial charge in [0.05, 0.1) is 11.3 Å². The summed E-state index contributed by atoms with van der Waals surface area (Å²) in [5.41, 5.74) is 1.41. The summed E-state index contributed by atoms with van der Waals surface area (Å²) in [7, 11) is 0. The topological polar surface area (TPSA) is 53.2 Å². The lowest BCUT2D eigenvalue weighted by molar-refractivity contribution is 0.0920. The fourth-order valence-corrected chi connectivity index (χ4v) is 2.24. The van der Waals surface area contributed by atoms with E-state index in [0.29, 0.717) is 22.1 Å². The van der Waals surface area contributed by atoms with Crippen LogP contribution in [0.15, 0.2) is 48.5 Å². The van der Waals surface area contributed by atoms with Crippen molar-refractivity contribution >= 4 is 34.6 Å². The molecule has 0 radical (unpaired) electrons. The van der Waals surface area contributed by atoms with Gasteiger partial charge in [0.1, 0.15) is 5.82 Å². The van der Waals surface area contributed by atoms with Crippen molar-refractivity contribution < 1.29 is 9.18 Å². The standard InChI is InChI=1S/C18H20FN3OS/c1-18(2,3)22-16(23)14-6-4-5-7-15(14)21-17(24)20-13-10-8-12(19)9-11-13/h4-11H,1-3H3,(H,22,23)(H2,20,21,24). The number of carbonyl (C=O) groups is 1. The summed E-state index contributed by atoms with van der Waals surface area (Å²) in [6, 6.07) is 13.0. The van der Waals surface area contributed by atoms with Gasteiger partial charge in [-0.3, -0.25) is 4.79 Å². The first kappa shape index (κ1) is 17.9. The Bertz CT molecular complexity index is 739. The summed E-state index contributed by atoms with van der Waals surface area (Å²) in [5, 5.41) is 9.20. The molecule has 2 aromatic carbocycles. The van der Waals surface area contributed by atoms with Crippen LogP contribution in [0.5, 0.6) is 0 Å². The molecule has 4 nitrogen and oxygen atoms in total. The van der Waals surface area contributed by atoms with Crippen molar-refractivity contribution in [2.24, 2.45) is 0 Å². The van der Waals surface area contributed by atoms with Crippen molar-refractivity contribution in [2.45, 2.75) is 26.3 Å². The smallest absolute Gasteiger partial charge is 0.253 e. The number of rotatable bonds is 3. The van der Waals surface area contributed by atoms with Crippen molar-refractivity contribution in [2.75, 3.05) is 10.6 Å². The lowest BCUT2D eigenvalue weighted by Crippen LogP contribution is -2.41. The third kappa shape index (κ3) is 5.31. The minimum absolute atomic E-state index is 0.185. The first-order valence-electron chi connectivity index (χ1n) is 7.50. The first-order valence-corrected chi connectivity index (χ1v) is 7.90. The number of anilines is 2. The molecule has 0 aromatic heterocycles. The van der Waals surface area contributed by atoms with E-state index in [0.717, 1.165) is 0 Å². The molecule has 2 rings (SSSR count). The number of benzene rings is 2. The maximum atomic E-state index is 12.9. The molecule has 0 unspecified atom stereocenters. The van der Waals surface area contributed by atoms with Crippen LogP contribution in [-0.4, -0.2) is 16.6 Å². The maximum Gasteiger partial charge on any atom is 0.253 e. The van der Waals surface area contributed by atoms with Gasteiger partial charge in [0.2, 0.25) is 0 Å². The second-order valence-corrected chi connectivity index (χ2v) is 6.74. The number of hydrogen-bond acceptors (Lipinski definition) is 2. The number of thiocarbonyl (C=S) groups is 1. The average Bonchev–Trinajstić information content (AvgIpc) is 2.48. The highest BCUT2D eigenvalue weighted by molar-refractivity contribution is 7.80. The molecule has 1 amide bonds. The van der Waals surface area contributed by atoms with Crippen LogP contribution < -0.4 is 16.0 Å². The van der Waals surface area contributed by atoms with Crippen molar-refractivity contribution in [3.63, 3.8) is 0 Å². The van der Waals surface area contributed by atoms with E-state index in [-0.39, 0.29) is 17.3 Å². The molecule has 0 aliphatic rings. The molecule has 0 bridgehead atoms. The first-order chi connectivity index (χ1) is 11.2. The molecule has 24 heavy (non-hydrogen) atoms. The third-order valence-electron chi connectivity index (χ3n) is 3.01. The largest absolute Gasteiger partial charge is 0.347 e. The number of carbonyl (C=O) groups excluding carboxylic acids is 1. The highest BCUT2D eigenvalue weighted by Gasteiger charge is 2.18. The van der Waals surface area contributed by atoms with Gasteiger partial charge in [-0.25, -0.2) is 4.39 Å². The Morgan fingerprint density at radius 2 is 1.62 bits per heavy atom.